The van der Waals surface area contributed by atoms with Crippen molar-refractivity contribution in [3.63, 3.8) is 0 Å². The number of nitrogens with one attached hydrogen (secondary N) is 2. The molecule has 0 unspecified atom stereocenters. The summed E-state index contributed by atoms with van der Waals surface area (Å²) in [5.74, 6) is 1.95. The lowest BCUT2D eigenvalue weighted by atomic mass is 10.0. The van der Waals surface area contributed by atoms with Gasteiger partial charge in [-0.05, 0) is 40.8 Å². The van der Waals surface area contributed by atoms with Gasteiger partial charge in [0.05, 0.1) is 6.61 Å². The van der Waals surface area contributed by atoms with E-state index in [1.54, 1.807) is 0 Å². The number of halogens is 1. The summed E-state index contributed by atoms with van der Waals surface area (Å²) in [4.78, 5) is 4.43. The van der Waals surface area contributed by atoms with E-state index in [0.29, 0.717) is 0 Å². The summed E-state index contributed by atoms with van der Waals surface area (Å²) < 4.78 is 5.57. The maximum atomic E-state index is 5.57. The second-order valence-electron chi connectivity index (χ2n) is 5.98. The molecule has 126 valence electrons. The molecular weight excluding hydrogens is 413 g/mol. The van der Waals surface area contributed by atoms with Crippen molar-refractivity contribution in [2.45, 2.75) is 19.4 Å². The zero-order valence-corrected chi connectivity index (χ0v) is 15.9. The Morgan fingerprint density at radius 3 is 2.71 bits per heavy atom. The number of ether oxygens (including phenoxy) is 1. The van der Waals surface area contributed by atoms with Crippen LogP contribution in [0.3, 0.4) is 0 Å². The van der Waals surface area contributed by atoms with Crippen molar-refractivity contribution < 1.29 is 4.74 Å². The van der Waals surface area contributed by atoms with Crippen molar-refractivity contribution in [1.82, 2.24) is 10.6 Å². The average molecular weight is 435 g/mol. The van der Waals surface area contributed by atoms with Crippen LogP contribution in [0.5, 0.6) is 5.75 Å². The summed E-state index contributed by atoms with van der Waals surface area (Å²) >= 11 is 0. The number of hydrogen-bond acceptors (Lipinski definition) is 4. The maximum Gasteiger partial charge on any atom is 0.191 e. The zero-order valence-electron chi connectivity index (χ0n) is 13.5. The second-order valence-corrected chi connectivity index (χ2v) is 5.98. The van der Waals surface area contributed by atoms with E-state index in [2.05, 4.69) is 58.1 Å². The maximum absolute atomic E-state index is 5.57. The Labute approximate surface area is 159 Å². The molecule has 4 rings (SSSR count). The molecule has 0 spiro atoms. The third kappa shape index (κ3) is 3.83. The van der Waals surface area contributed by atoms with Gasteiger partial charge in [0.2, 0.25) is 0 Å². The van der Waals surface area contributed by atoms with Crippen LogP contribution in [0.2, 0.25) is 0 Å². The molecular formula is C19H22IN3O. The molecule has 2 aliphatic rings. The number of benzene rings is 2. The molecule has 2 N–H and O–H groups in total. The number of rotatable bonds is 3. The molecule has 0 amide bonds. The summed E-state index contributed by atoms with van der Waals surface area (Å²) in [6.45, 7) is 3.52. The molecule has 4 nitrogen and oxygen atoms in total. The first-order chi connectivity index (χ1) is 11.4. The van der Waals surface area contributed by atoms with Crippen molar-refractivity contribution in [2.24, 2.45) is 4.99 Å². The highest BCUT2D eigenvalue weighted by atomic mass is 127. The van der Waals surface area contributed by atoms with E-state index < -0.39 is 0 Å². The SMILES string of the molecule is I.c1cc(-c2ccc3c(c2)CCO3)ccc1CNC1=NCCCN1. The molecule has 0 aliphatic carbocycles. The van der Waals surface area contributed by atoms with Crippen LogP contribution >= 0.6 is 24.0 Å². The van der Waals surface area contributed by atoms with Crippen molar-refractivity contribution in [3.8, 4) is 16.9 Å². The van der Waals surface area contributed by atoms with Crippen LogP contribution in [0, 0.1) is 0 Å². The molecule has 0 saturated carbocycles. The molecule has 0 saturated heterocycles. The van der Waals surface area contributed by atoms with Gasteiger partial charge < -0.3 is 15.4 Å². The first-order valence-corrected chi connectivity index (χ1v) is 8.26. The summed E-state index contributed by atoms with van der Waals surface area (Å²) in [6.07, 6.45) is 2.13. The monoisotopic (exact) mass is 435 g/mol. The number of guanidine groups is 1. The van der Waals surface area contributed by atoms with Gasteiger partial charge in [-0.3, -0.25) is 4.99 Å². The van der Waals surface area contributed by atoms with Gasteiger partial charge in [-0.25, -0.2) is 0 Å². The van der Waals surface area contributed by atoms with Crippen LogP contribution in [0.1, 0.15) is 17.5 Å². The largest absolute Gasteiger partial charge is 0.493 e. The van der Waals surface area contributed by atoms with E-state index in [1.165, 1.54) is 22.3 Å². The zero-order chi connectivity index (χ0) is 15.5. The van der Waals surface area contributed by atoms with Gasteiger partial charge in [-0.1, -0.05) is 30.3 Å². The van der Waals surface area contributed by atoms with Crippen LogP contribution in [0.25, 0.3) is 11.1 Å². The molecule has 0 radical (unpaired) electrons. The lowest BCUT2D eigenvalue weighted by Gasteiger charge is -2.16. The van der Waals surface area contributed by atoms with Gasteiger partial charge in [0.1, 0.15) is 5.75 Å². The minimum Gasteiger partial charge on any atom is -0.493 e. The second kappa shape index (κ2) is 7.88. The summed E-state index contributed by atoms with van der Waals surface area (Å²) in [7, 11) is 0. The highest BCUT2D eigenvalue weighted by molar-refractivity contribution is 14.0. The molecule has 5 heteroatoms. The lowest BCUT2D eigenvalue weighted by molar-refractivity contribution is 0.357. The predicted octanol–water partition coefficient (Wildman–Crippen LogP) is 3.35. The molecule has 2 heterocycles. The normalized spacial score (nSPS) is 15.4. The van der Waals surface area contributed by atoms with Crippen molar-refractivity contribution in [3.05, 3.63) is 53.6 Å². The van der Waals surface area contributed by atoms with Crippen molar-refractivity contribution >= 4 is 29.9 Å². The minimum absolute atomic E-state index is 0. The third-order valence-corrected chi connectivity index (χ3v) is 4.33. The Morgan fingerprint density at radius 1 is 1.08 bits per heavy atom. The van der Waals surface area contributed by atoms with Crippen LogP contribution in [0.4, 0.5) is 0 Å². The van der Waals surface area contributed by atoms with Crippen molar-refractivity contribution in [1.29, 1.82) is 0 Å². The molecule has 0 bridgehead atoms. The highest BCUT2D eigenvalue weighted by Crippen LogP contribution is 2.30. The van der Waals surface area contributed by atoms with Gasteiger partial charge >= 0.3 is 0 Å². The van der Waals surface area contributed by atoms with Crippen LogP contribution < -0.4 is 15.4 Å². The standard InChI is InChI=1S/C19H21N3O.HI/c1-9-20-19(21-10-1)22-13-14-2-4-15(5-3-14)16-6-7-18-17(12-16)8-11-23-18;/h2-7,12H,1,8-11,13H2,(H2,20,21,22);1H. The molecule has 0 fully saturated rings. The van der Waals surface area contributed by atoms with E-state index in [-0.39, 0.29) is 24.0 Å². The fourth-order valence-electron chi connectivity index (χ4n) is 3.02. The van der Waals surface area contributed by atoms with Gasteiger partial charge in [-0.2, -0.15) is 0 Å². The Balaban J connectivity index is 0.00000169. The average Bonchev–Trinajstić information content (AvgIpc) is 3.09. The van der Waals surface area contributed by atoms with Crippen LogP contribution in [-0.2, 0) is 13.0 Å². The Hall–Kier alpha value is -1.76. The smallest absolute Gasteiger partial charge is 0.191 e. The molecule has 2 aliphatic heterocycles. The van der Waals surface area contributed by atoms with Crippen molar-refractivity contribution in [2.75, 3.05) is 19.7 Å². The van der Waals surface area contributed by atoms with Gasteiger partial charge in [0.15, 0.2) is 5.96 Å². The van der Waals surface area contributed by atoms with Gasteiger partial charge in [0, 0.05) is 26.1 Å². The quantitative estimate of drug-likeness (QED) is 0.728. The summed E-state index contributed by atoms with van der Waals surface area (Å²) in [5.41, 5.74) is 5.08. The van der Waals surface area contributed by atoms with E-state index in [0.717, 1.165) is 50.8 Å². The minimum atomic E-state index is 0. The molecule has 0 aromatic heterocycles. The third-order valence-electron chi connectivity index (χ3n) is 4.33. The summed E-state index contributed by atoms with van der Waals surface area (Å²) in [6, 6.07) is 15.2. The molecule has 2 aromatic carbocycles. The fourth-order valence-corrected chi connectivity index (χ4v) is 3.02. The molecule has 0 atom stereocenters. The van der Waals surface area contributed by atoms with Crippen LogP contribution in [0.15, 0.2) is 47.5 Å². The Bertz CT molecular complexity index is 728. The highest BCUT2D eigenvalue weighted by Gasteiger charge is 2.12. The number of fused-ring (bicyclic) bond motifs is 1. The summed E-state index contributed by atoms with van der Waals surface area (Å²) in [5, 5.41) is 6.63. The Morgan fingerprint density at radius 2 is 1.92 bits per heavy atom. The molecule has 24 heavy (non-hydrogen) atoms. The topological polar surface area (TPSA) is 45.6 Å². The van der Waals surface area contributed by atoms with E-state index in [4.69, 9.17) is 4.74 Å². The van der Waals surface area contributed by atoms with E-state index >= 15 is 0 Å². The number of hydrogen-bond donors (Lipinski definition) is 2. The number of nitrogens with zero attached hydrogens (tertiary/aromatic N) is 1. The van der Waals surface area contributed by atoms with Crippen LogP contribution in [-0.4, -0.2) is 25.7 Å². The van der Waals surface area contributed by atoms with Gasteiger partial charge in [-0.15, -0.1) is 24.0 Å². The lowest BCUT2D eigenvalue weighted by Crippen LogP contribution is -2.40. The Kier molecular flexibility index (Phi) is 5.60. The van der Waals surface area contributed by atoms with E-state index in [9.17, 15) is 0 Å². The first-order valence-electron chi connectivity index (χ1n) is 8.26. The van der Waals surface area contributed by atoms with E-state index in [1.807, 2.05) is 0 Å². The van der Waals surface area contributed by atoms with Gasteiger partial charge in [0.25, 0.3) is 0 Å². The molecule has 2 aromatic rings. The first kappa shape index (κ1) is 17.1. The predicted molar refractivity (Wildman–Crippen MR) is 108 cm³/mol. The fraction of sp³-hybridized carbons (Fsp3) is 0.316. The number of aliphatic imine (C=N–C) groups is 1.